The molecule has 6 nitrogen and oxygen atoms in total. The molecule has 0 saturated carbocycles. The number of rotatable bonds is 2. The summed E-state index contributed by atoms with van der Waals surface area (Å²) < 4.78 is 0. The zero-order valence-electron chi connectivity index (χ0n) is 14.5. The predicted molar refractivity (Wildman–Crippen MR) is 92.3 cm³/mol. The molecular weight excluding hydrogens is 304 g/mol. The number of carbonyl (C=O) groups excluding carboxylic acids is 2. The number of anilines is 2. The van der Waals surface area contributed by atoms with Crippen LogP contribution in [0.1, 0.15) is 41.3 Å². The van der Waals surface area contributed by atoms with Crippen LogP contribution in [-0.4, -0.2) is 28.8 Å². The van der Waals surface area contributed by atoms with Gasteiger partial charge in [0.1, 0.15) is 5.82 Å². The number of carbonyl (C=O) groups is 2. The highest BCUT2D eigenvalue weighted by Crippen LogP contribution is 2.41. The van der Waals surface area contributed by atoms with Gasteiger partial charge in [0, 0.05) is 24.6 Å². The van der Waals surface area contributed by atoms with Crippen molar-refractivity contribution in [1.82, 2.24) is 9.97 Å². The molecule has 1 aliphatic heterocycles. The monoisotopic (exact) mass is 324 g/mol. The summed E-state index contributed by atoms with van der Waals surface area (Å²) in [5.41, 5.74) is 2.94. The molecule has 0 radical (unpaired) electrons. The molecule has 2 aromatic rings. The maximum Gasteiger partial charge on any atom is 0.259 e. The molecule has 1 aliphatic rings. The summed E-state index contributed by atoms with van der Waals surface area (Å²) in [5, 5.41) is 2.85. The van der Waals surface area contributed by atoms with E-state index >= 15 is 0 Å². The van der Waals surface area contributed by atoms with E-state index in [1.165, 1.54) is 6.20 Å². The van der Waals surface area contributed by atoms with Crippen molar-refractivity contribution in [2.75, 3.05) is 17.3 Å². The molecule has 3 rings (SSSR count). The van der Waals surface area contributed by atoms with Crippen LogP contribution in [0, 0.1) is 13.8 Å². The number of benzene rings is 1. The summed E-state index contributed by atoms with van der Waals surface area (Å²) in [6.07, 6.45) is 1.53. The van der Waals surface area contributed by atoms with Crippen molar-refractivity contribution >= 4 is 23.2 Å². The van der Waals surface area contributed by atoms with Gasteiger partial charge in [-0.2, -0.15) is 0 Å². The van der Waals surface area contributed by atoms with Gasteiger partial charge in [-0.05, 0) is 45.4 Å². The molecule has 1 N–H and O–H groups in total. The summed E-state index contributed by atoms with van der Waals surface area (Å²) in [6, 6.07) is 5.53. The molecular formula is C18H20N4O2. The number of amides is 2. The predicted octanol–water partition coefficient (Wildman–Crippen LogP) is 2.60. The van der Waals surface area contributed by atoms with Crippen LogP contribution < -0.4 is 10.2 Å². The van der Waals surface area contributed by atoms with Crippen LogP contribution in [0.25, 0.3) is 0 Å². The lowest BCUT2D eigenvalue weighted by Crippen LogP contribution is -2.33. The molecule has 124 valence electrons. The Morgan fingerprint density at radius 1 is 1.25 bits per heavy atom. The Morgan fingerprint density at radius 3 is 2.62 bits per heavy atom. The van der Waals surface area contributed by atoms with Gasteiger partial charge < -0.3 is 10.2 Å². The zero-order valence-corrected chi connectivity index (χ0v) is 14.5. The van der Waals surface area contributed by atoms with Crippen LogP contribution in [0.3, 0.4) is 0 Å². The van der Waals surface area contributed by atoms with Crippen LogP contribution in [0.15, 0.2) is 24.4 Å². The Kier molecular flexibility index (Phi) is 3.63. The first-order valence-corrected chi connectivity index (χ1v) is 7.76. The minimum absolute atomic E-state index is 0.0451. The molecule has 24 heavy (non-hydrogen) atoms. The number of nitrogens with one attached hydrogen (secondary N) is 1. The van der Waals surface area contributed by atoms with Crippen molar-refractivity contribution in [1.29, 1.82) is 0 Å². The van der Waals surface area contributed by atoms with Gasteiger partial charge in [0.25, 0.3) is 5.91 Å². The average molecular weight is 324 g/mol. The van der Waals surface area contributed by atoms with Gasteiger partial charge in [-0.15, -0.1) is 0 Å². The van der Waals surface area contributed by atoms with Gasteiger partial charge in [0.05, 0.1) is 16.7 Å². The fourth-order valence-corrected chi connectivity index (χ4v) is 3.06. The molecule has 2 amide bonds. The Balaban J connectivity index is 1.90. The summed E-state index contributed by atoms with van der Waals surface area (Å²) in [6.45, 7) is 7.37. The summed E-state index contributed by atoms with van der Waals surface area (Å²) >= 11 is 0. The Bertz CT molecular complexity index is 858. The van der Waals surface area contributed by atoms with E-state index in [1.807, 2.05) is 32.0 Å². The Morgan fingerprint density at radius 2 is 1.96 bits per heavy atom. The van der Waals surface area contributed by atoms with Crippen molar-refractivity contribution in [3.8, 4) is 0 Å². The summed E-state index contributed by atoms with van der Waals surface area (Å²) in [4.78, 5) is 34.7. The maximum absolute atomic E-state index is 12.4. The lowest BCUT2D eigenvalue weighted by molar-refractivity contribution is -0.121. The van der Waals surface area contributed by atoms with Crippen molar-refractivity contribution < 1.29 is 9.59 Å². The molecule has 0 saturated heterocycles. The highest BCUT2D eigenvalue weighted by Gasteiger charge is 2.42. The SMILES string of the molecule is Cc1ncc(C(=O)Nc2ccc3c(c2)N(C)C(=O)C3(C)C)c(C)n1. The van der Waals surface area contributed by atoms with E-state index in [4.69, 9.17) is 0 Å². The number of nitrogens with zero attached hydrogens (tertiary/aromatic N) is 3. The molecule has 0 aliphatic carbocycles. The first-order chi connectivity index (χ1) is 11.2. The summed E-state index contributed by atoms with van der Waals surface area (Å²) in [7, 11) is 1.75. The standard InChI is InChI=1S/C18H20N4O2/c1-10-13(9-19-11(2)20-10)16(23)21-12-6-7-14-15(8-12)22(5)17(24)18(14,3)4/h6-9H,1-5H3,(H,21,23). The van der Waals surface area contributed by atoms with Gasteiger partial charge >= 0.3 is 0 Å². The third kappa shape index (κ3) is 2.44. The minimum Gasteiger partial charge on any atom is -0.322 e. The van der Waals surface area contributed by atoms with Crippen LogP contribution in [-0.2, 0) is 10.2 Å². The number of hydrogen-bond acceptors (Lipinski definition) is 4. The van der Waals surface area contributed by atoms with Crippen LogP contribution in [0.5, 0.6) is 0 Å². The quantitative estimate of drug-likeness (QED) is 0.921. The third-order valence-electron chi connectivity index (χ3n) is 4.47. The fraction of sp³-hybridized carbons (Fsp3) is 0.333. The molecule has 1 aromatic carbocycles. The molecule has 2 heterocycles. The Labute approximate surface area is 140 Å². The van der Waals surface area contributed by atoms with E-state index in [2.05, 4.69) is 15.3 Å². The number of aryl methyl sites for hydroxylation is 2. The van der Waals surface area contributed by atoms with Crippen LogP contribution >= 0.6 is 0 Å². The molecule has 1 aromatic heterocycles. The Hall–Kier alpha value is -2.76. The largest absolute Gasteiger partial charge is 0.322 e. The number of aromatic nitrogens is 2. The minimum atomic E-state index is -0.548. The lowest BCUT2D eigenvalue weighted by Gasteiger charge is -2.16. The van der Waals surface area contributed by atoms with E-state index in [0.29, 0.717) is 22.8 Å². The summed E-state index contributed by atoms with van der Waals surface area (Å²) in [5.74, 6) is 0.409. The second-order valence-electron chi connectivity index (χ2n) is 6.59. The van der Waals surface area contributed by atoms with Crippen molar-refractivity contribution in [3.05, 3.63) is 47.0 Å². The molecule has 0 unspecified atom stereocenters. The first-order valence-electron chi connectivity index (χ1n) is 7.76. The van der Waals surface area contributed by atoms with Crippen molar-refractivity contribution in [2.45, 2.75) is 33.1 Å². The highest BCUT2D eigenvalue weighted by molar-refractivity contribution is 6.09. The van der Waals surface area contributed by atoms with Gasteiger partial charge in [-0.25, -0.2) is 9.97 Å². The smallest absolute Gasteiger partial charge is 0.259 e. The topological polar surface area (TPSA) is 75.2 Å². The first kappa shape index (κ1) is 16.1. The molecule has 0 spiro atoms. The average Bonchev–Trinajstić information content (AvgIpc) is 2.68. The van der Waals surface area contributed by atoms with Gasteiger partial charge in [0.2, 0.25) is 5.91 Å². The number of likely N-dealkylation sites (N-methyl/N-ethyl adjacent to an activating group) is 1. The molecule has 0 bridgehead atoms. The number of fused-ring (bicyclic) bond motifs is 1. The maximum atomic E-state index is 12.4. The van der Waals surface area contributed by atoms with E-state index in [1.54, 1.807) is 25.8 Å². The third-order valence-corrected chi connectivity index (χ3v) is 4.47. The fourth-order valence-electron chi connectivity index (χ4n) is 3.06. The van der Waals surface area contributed by atoms with E-state index in [9.17, 15) is 9.59 Å². The molecule has 6 heteroatoms. The van der Waals surface area contributed by atoms with E-state index in [0.717, 1.165) is 11.3 Å². The van der Waals surface area contributed by atoms with Crippen LogP contribution in [0.2, 0.25) is 0 Å². The van der Waals surface area contributed by atoms with Crippen LogP contribution in [0.4, 0.5) is 11.4 Å². The van der Waals surface area contributed by atoms with Crippen molar-refractivity contribution in [3.63, 3.8) is 0 Å². The van der Waals surface area contributed by atoms with Gasteiger partial charge in [-0.1, -0.05) is 6.07 Å². The van der Waals surface area contributed by atoms with E-state index in [-0.39, 0.29) is 11.8 Å². The van der Waals surface area contributed by atoms with Gasteiger partial charge in [0.15, 0.2) is 0 Å². The number of hydrogen-bond donors (Lipinski definition) is 1. The van der Waals surface area contributed by atoms with E-state index < -0.39 is 5.41 Å². The second-order valence-corrected chi connectivity index (χ2v) is 6.59. The zero-order chi connectivity index (χ0) is 17.6. The second kappa shape index (κ2) is 5.40. The molecule has 0 fully saturated rings. The van der Waals surface area contributed by atoms with Crippen molar-refractivity contribution in [2.24, 2.45) is 0 Å². The normalized spacial score (nSPS) is 15.4. The highest BCUT2D eigenvalue weighted by atomic mass is 16.2. The lowest BCUT2D eigenvalue weighted by atomic mass is 9.86. The molecule has 0 atom stereocenters. The van der Waals surface area contributed by atoms with Gasteiger partial charge in [-0.3, -0.25) is 9.59 Å².